The average Bonchev–Trinajstić information content (AvgIpc) is 2.54. The van der Waals surface area contributed by atoms with Gasteiger partial charge in [-0.1, -0.05) is 29.8 Å². The van der Waals surface area contributed by atoms with E-state index in [-0.39, 0.29) is 16.1 Å². The van der Waals surface area contributed by atoms with E-state index in [1.165, 1.54) is 24.3 Å². The SMILES string of the molecule is O=C(N/N=C/c1ccccc1C(F)(F)F)c1ccc(Cl)c([N+](=O)[O-])c1. The Balaban J connectivity index is 2.17. The number of amides is 1. The van der Waals surface area contributed by atoms with Gasteiger partial charge in [-0.2, -0.15) is 18.3 Å². The van der Waals surface area contributed by atoms with E-state index in [0.717, 1.165) is 24.4 Å². The van der Waals surface area contributed by atoms with Crippen molar-refractivity contribution in [3.05, 3.63) is 74.3 Å². The fraction of sp³-hybridized carbons (Fsp3) is 0.0667. The van der Waals surface area contributed by atoms with E-state index in [0.29, 0.717) is 0 Å². The molecular formula is C15H9ClF3N3O3. The molecule has 1 N–H and O–H groups in total. The monoisotopic (exact) mass is 371 g/mol. The Morgan fingerprint density at radius 3 is 2.56 bits per heavy atom. The summed E-state index contributed by atoms with van der Waals surface area (Å²) in [5.41, 5.74) is 0.278. The predicted molar refractivity (Wildman–Crippen MR) is 84.6 cm³/mol. The number of nitro benzene ring substituents is 1. The largest absolute Gasteiger partial charge is 0.417 e. The van der Waals surface area contributed by atoms with Crippen molar-refractivity contribution >= 4 is 29.4 Å². The Morgan fingerprint density at radius 1 is 1.24 bits per heavy atom. The molecule has 2 rings (SSSR count). The fourth-order valence-electron chi connectivity index (χ4n) is 1.89. The summed E-state index contributed by atoms with van der Waals surface area (Å²) in [6.07, 6.45) is -3.73. The normalized spacial score (nSPS) is 11.5. The predicted octanol–water partition coefficient (Wildman–Crippen LogP) is 4.03. The Hall–Kier alpha value is -2.94. The third kappa shape index (κ3) is 4.54. The number of carbonyl (C=O) groups is 1. The average molecular weight is 372 g/mol. The van der Waals surface area contributed by atoms with Crippen LogP contribution in [0.5, 0.6) is 0 Å². The first kappa shape index (κ1) is 18.4. The molecule has 1 amide bonds. The molecule has 0 atom stereocenters. The quantitative estimate of drug-likeness (QED) is 0.500. The molecule has 2 aromatic carbocycles. The third-order valence-electron chi connectivity index (χ3n) is 3.04. The van der Waals surface area contributed by atoms with Crippen LogP contribution in [0, 0.1) is 10.1 Å². The number of nitrogens with one attached hydrogen (secondary N) is 1. The summed E-state index contributed by atoms with van der Waals surface area (Å²) in [7, 11) is 0. The smallest absolute Gasteiger partial charge is 0.267 e. The lowest BCUT2D eigenvalue weighted by atomic mass is 10.1. The lowest BCUT2D eigenvalue weighted by Gasteiger charge is -2.09. The third-order valence-corrected chi connectivity index (χ3v) is 3.36. The van der Waals surface area contributed by atoms with E-state index in [4.69, 9.17) is 11.6 Å². The topological polar surface area (TPSA) is 84.6 Å². The zero-order valence-corrected chi connectivity index (χ0v) is 13.0. The van der Waals surface area contributed by atoms with Crippen molar-refractivity contribution in [1.82, 2.24) is 5.43 Å². The lowest BCUT2D eigenvalue weighted by molar-refractivity contribution is -0.384. The van der Waals surface area contributed by atoms with Crippen molar-refractivity contribution in [2.75, 3.05) is 0 Å². The number of hydrogen-bond donors (Lipinski definition) is 1. The van der Waals surface area contributed by atoms with Gasteiger partial charge < -0.3 is 0 Å². The number of hydrazone groups is 1. The van der Waals surface area contributed by atoms with Crippen molar-refractivity contribution in [2.45, 2.75) is 6.18 Å². The molecule has 0 spiro atoms. The second-order valence-electron chi connectivity index (χ2n) is 4.71. The molecule has 6 nitrogen and oxygen atoms in total. The van der Waals surface area contributed by atoms with Gasteiger partial charge in [0.15, 0.2) is 0 Å². The first-order valence-corrected chi connectivity index (χ1v) is 7.01. The van der Waals surface area contributed by atoms with Crippen LogP contribution in [0.3, 0.4) is 0 Å². The summed E-state index contributed by atoms with van der Waals surface area (Å²) in [6.45, 7) is 0. The summed E-state index contributed by atoms with van der Waals surface area (Å²) in [5.74, 6) is -0.833. The Morgan fingerprint density at radius 2 is 1.92 bits per heavy atom. The second kappa shape index (κ2) is 7.31. The molecule has 2 aromatic rings. The molecule has 0 heterocycles. The van der Waals surface area contributed by atoms with Crippen molar-refractivity contribution in [2.24, 2.45) is 5.10 Å². The molecular weight excluding hydrogens is 363 g/mol. The van der Waals surface area contributed by atoms with Crippen molar-refractivity contribution < 1.29 is 22.9 Å². The van der Waals surface area contributed by atoms with Gasteiger partial charge in [0.25, 0.3) is 11.6 Å². The Kier molecular flexibility index (Phi) is 5.38. The molecule has 10 heteroatoms. The van der Waals surface area contributed by atoms with E-state index in [9.17, 15) is 28.1 Å². The summed E-state index contributed by atoms with van der Waals surface area (Å²) in [6, 6.07) is 8.02. The molecule has 130 valence electrons. The van der Waals surface area contributed by atoms with Crippen LogP contribution in [-0.4, -0.2) is 17.0 Å². The van der Waals surface area contributed by atoms with E-state index >= 15 is 0 Å². The van der Waals surface area contributed by atoms with E-state index < -0.39 is 28.3 Å². The zero-order chi connectivity index (χ0) is 18.6. The number of nitrogens with zero attached hydrogens (tertiary/aromatic N) is 2. The van der Waals surface area contributed by atoms with Crippen molar-refractivity contribution in [3.63, 3.8) is 0 Å². The molecule has 0 saturated carbocycles. The summed E-state index contributed by atoms with van der Waals surface area (Å²) in [4.78, 5) is 21.9. The van der Waals surface area contributed by atoms with Gasteiger partial charge in [-0.05, 0) is 18.2 Å². The molecule has 0 aromatic heterocycles. The second-order valence-corrected chi connectivity index (χ2v) is 5.11. The fourth-order valence-corrected chi connectivity index (χ4v) is 2.07. The first-order valence-electron chi connectivity index (χ1n) is 6.63. The molecule has 25 heavy (non-hydrogen) atoms. The number of benzene rings is 2. The zero-order valence-electron chi connectivity index (χ0n) is 12.2. The molecule has 0 saturated heterocycles. The molecule has 0 aliphatic rings. The molecule has 0 bridgehead atoms. The molecule has 0 aliphatic heterocycles. The molecule has 0 fully saturated rings. The number of rotatable bonds is 4. The maximum atomic E-state index is 12.8. The molecule has 0 radical (unpaired) electrons. The minimum Gasteiger partial charge on any atom is -0.267 e. The highest BCUT2D eigenvalue weighted by Crippen LogP contribution is 2.31. The van der Waals surface area contributed by atoms with Gasteiger partial charge in [-0.3, -0.25) is 14.9 Å². The van der Waals surface area contributed by atoms with E-state index in [1.807, 2.05) is 5.43 Å². The van der Waals surface area contributed by atoms with Crippen LogP contribution in [0.15, 0.2) is 47.6 Å². The number of alkyl halides is 3. The Bertz CT molecular complexity index is 853. The minimum atomic E-state index is -4.57. The van der Waals surface area contributed by atoms with Gasteiger partial charge >= 0.3 is 6.18 Å². The lowest BCUT2D eigenvalue weighted by Crippen LogP contribution is -2.18. The minimum absolute atomic E-state index is 0.114. The van der Waals surface area contributed by atoms with Crippen LogP contribution in [0.25, 0.3) is 0 Å². The van der Waals surface area contributed by atoms with Gasteiger partial charge in [0.2, 0.25) is 0 Å². The summed E-state index contributed by atoms with van der Waals surface area (Å²) in [5, 5.41) is 14.1. The first-order chi connectivity index (χ1) is 11.7. The molecule has 0 unspecified atom stereocenters. The number of halogens is 4. The van der Waals surface area contributed by atoms with Crippen LogP contribution >= 0.6 is 11.6 Å². The maximum absolute atomic E-state index is 12.8. The van der Waals surface area contributed by atoms with Crippen LogP contribution in [0.4, 0.5) is 18.9 Å². The van der Waals surface area contributed by atoms with Crippen molar-refractivity contribution in [3.8, 4) is 0 Å². The number of nitro groups is 1. The highest BCUT2D eigenvalue weighted by molar-refractivity contribution is 6.32. The number of carbonyl (C=O) groups excluding carboxylic acids is 1. The van der Waals surface area contributed by atoms with Gasteiger partial charge in [-0.25, -0.2) is 5.43 Å². The Labute approximate surface area is 144 Å². The van der Waals surface area contributed by atoms with Gasteiger partial charge in [-0.15, -0.1) is 0 Å². The van der Waals surface area contributed by atoms with E-state index in [2.05, 4.69) is 5.10 Å². The van der Waals surface area contributed by atoms with Crippen LogP contribution in [0.2, 0.25) is 5.02 Å². The van der Waals surface area contributed by atoms with Crippen LogP contribution in [0.1, 0.15) is 21.5 Å². The maximum Gasteiger partial charge on any atom is 0.417 e. The highest BCUT2D eigenvalue weighted by Gasteiger charge is 2.32. The number of hydrogen-bond acceptors (Lipinski definition) is 4. The van der Waals surface area contributed by atoms with Crippen LogP contribution < -0.4 is 5.43 Å². The molecule has 0 aliphatic carbocycles. The van der Waals surface area contributed by atoms with Gasteiger partial charge in [0, 0.05) is 17.2 Å². The van der Waals surface area contributed by atoms with E-state index in [1.54, 1.807) is 0 Å². The van der Waals surface area contributed by atoms with Gasteiger partial charge in [0.05, 0.1) is 16.7 Å². The highest BCUT2D eigenvalue weighted by atomic mass is 35.5. The van der Waals surface area contributed by atoms with Gasteiger partial charge in [0.1, 0.15) is 5.02 Å². The van der Waals surface area contributed by atoms with Crippen LogP contribution in [-0.2, 0) is 6.18 Å². The summed E-state index contributed by atoms with van der Waals surface area (Å²) >= 11 is 5.63. The van der Waals surface area contributed by atoms with Crippen molar-refractivity contribution in [1.29, 1.82) is 0 Å². The standard InChI is InChI=1S/C15H9ClF3N3O3/c16-12-6-5-9(7-13(12)22(24)25)14(23)21-20-8-10-3-1-2-4-11(10)15(17,18)19/h1-8H,(H,21,23)/b20-8+. The summed E-state index contributed by atoms with van der Waals surface area (Å²) < 4.78 is 38.5.